The molecule has 2 aromatic rings. The number of thiophene rings is 1. The molecule has 0 saturated carbocycles. The summed E-state index contributed by atoms with van der Waals surface area (Å²) in [6.07, 6.45) is 3.67. The van der Waals surface area contributed by atoms with Crippen molar-refractivity contribution in [1.82, 2.24) is 15.2 Å². The first-order chi connectivity index (χ1) is 11.1. The molecule has 0 unspecified atom stereocenters. The van der Waals surface area contributed by atoms with Gasteiger partial charge in [-0.05, 0) is 36.1 Å². The summed E-state index contributed by atoms with van der Waals surface area (Å²) in [4.78, 5) is 31.5. The van der Waals surface area contributed by atoms with Gasteiger partial charge in [0.25, 0.3) is 0 Å². The Bertz CT molecular complexity index is 687. The van der Waals surface area contributed by atoms with E-state index in [-0.39, 0.29) is 36.2 Å². The monoisotopic (exact) mass is 329 g/mol. The second-order valence-electron chi connectivity index (χ2n) is 5.79. The van der Waals surface area contributed by atoms with E-state index in [1.807, 2.05) is 36.6 Å². The Labute approximate surface area is 139 Å². The van der Waals surface area contributed by atoms with Crippen LogP contribution in [0.1, 0.15) is 35.9 Å². The summed E-state index contributed by atoms with van der Waals surface area (Å²) in [5, 5.41) is 5.00. The summed E-state index contributed by atoms with van der Waals surface area (Å²) in [5.41, 5.74) is 0.999. The van der Waals surface area contributed by atoms with Crippen molar-refractivity contribution < 1.29 is 9.59 Å². The average Bonchev–Trinajstić information content (AvgIpc) is 3.17. The molecule has 0 radical (unpaired) electrons. The van der Waals surface area contributed by atoms with Crippen molar-refractivity contribution >= 4 is 23.2 Å². The van der Waals surface area contributed by atoms with Crippen molar-refractivity contribution in [2.24, 2.45) is 5.92 Å². The number of carbonyl (C=O) groups is 2. The molecule has 1 saturated heterocycles. The van der Waals surface area contributed by atoms with Crippen LogP contribution in [0.4, 0.5) is 0 Å². The van der Waals surface area contributed by atoms with E-state index in [9.17, 15) is 9.59 Å². The second kappa shape index (κ2) is 6.50. The standard InChI is InChI=1S/C17H19N3O2S/c1-11(12-5-7-18-8-6-12)19-17(22)13-10-15(21)20(2)16(13)14-4-3-9-23-14/h3-9,11,13,16H,10H2,1-2H3,(H,19,22)/t11-,13-,16+/m0/s1. The first kappa shape index (κ1) is 15.7. The number of amides is 2. The fraction of sp³-hybridized carbons (Fsp3) is 0.353. The first-order valence-electron chi connectivity index (χ1n) is 7.57. The number of pyridine rings is 1. The lowest BCUT2D eigenvalue weighted by Gasteiger charge is -2.24. The molecule has 3 rings (SSSR count). The van der Waals surface area contributed by atoms with Gasteiger partial charge in [0, 0.05) is 30.7 Å². The summed E-state index contributed by atoms with van der Waals surface area (Å²) >= 11 is 1.58. The molecule has 1 aliphatic rings. The minimum absolute atomic E-state index is 0.0140. The van der Waals surface area contributed by atoms with E-state index in [0.29, 0.717) is 0 Å². The minimum atomic E-state index is -0.351. The van der Waals surface area contributed by atoms with Gasteiger partial charge < -0.3 is 10.2 Å². The molecule has 1 N–H and O–H groups in total. The largest absolute Gasteiger partial charge is 0.349 e. The number of likely N-dealkylation sites (tertiary alicyclic amines) is 1. The smallest absolute Gasteiger partial charge is 0.226 e. The molecule has 2 amide bonds. The van der Waals surface area contributed by atoms with Crippen LogP contribution in [0.2, 0.25) is 0 Å². The van der Waals surface area contributed by atoms with E-state index >= 15 is 0 Å². The van der Waals surface area contributed by atoms with Crippen LogP contribution in [0.15, 0.2) is 42.0 Å². The SMILES string of the molecule is C[C@H](NC(=O)[C@H]1CC(=O)N(C)[C@H]1c1cccs1)c1ccncc1. The first-order valence-corrected chi connectivity index (χ1v) is 8.45. The third-order valence-corrected chi connectivity index (χ3v) is 5.27. The maximum atomic E-state index is 12.7. The van der Waals surface area contributed by atoms with Crippen molar-refractivity contribution in [3.8, 4) is 0 Å². The summed E-state index contributed by atoms with van der Waals surface area (Å²) < 4.78 is 0. The van der Waals surface area contributed by atoms with Crippen LogP contribution in [0.5, 0.6) is 0 Å². The van der Waals surface area contributed by atoms with Crippen LogP contribution in [-0.2, 0) is 9.59 Å². The molecule has 23 heavy (non-hydrogen) atoms. The van der Waals surface area contributed by atoms with E-state index < -0.39 is 0 Å². The Kier molecular flexibility index (Phi) is 4.43. The molecule has 0 aromatic carbocycles. The van der Waals surface area contributed by atoms with E-state index in [1.165, 1.54) is 0 Å². The lowest BCUT2D eigenvalue weighted by Crippen LogP contribution is -2.35. The van der Waals surface area contributed by atoms with Gasteiger partial charge in [-0.25, -0.2) is 0 Å². The highest BCUT2D eigenvalue weighted by molar-refractivity contribution is 7.10. The van der Waals surface area contributed by atoms with Crippen LogP contribution >= 0.6 is 11.3 Å². The molecule has 6 heteroatoms. The normalized spacial score (nSPS) is 22.2. The van der Waals surface area contributed by atoms with E-state index in [2.05, 4.69) is 10.3 Å². The number of aromatic nitrogens is 1. The minimum Gasteiger partial charge on any atom is -0.349 e. The average molecular weight is 329 g/mol. The zero-order valence-electron chi connectivity index (χ0n) is 13.1. The van der Waals surface area contributed by atoms with Crippen molar-refractivity contribution in [3.05, 3.63) is 52.5 Å². The predicted molar refractivity (Wildman–Crippen MR) is 88.7 cm³/mol. The van der Waals surface area contributed by atoms with Gasteiger partial charge in [0.1, 0.15) is 0 Å². The molecule has 5 nitrogen and oxygen atoms in total. The Morgan fingerprint density at radius 1 is 1.39 bits per heavy atom. The van der Waals surface area contributed by atoms with Gasteiger partial charge in [0.2, 0.25) is 11.8 Å². The maximum Gasteiger partial charge on any atom is 0.226 e. The van der Waals surface area contributed by atoms with Gasteiger partial charge >= 0.3 is 0 Å². The molecule has 1 fully saturated rings. The highest BCUT2D eigenvalue weighted by Gasteiger charge is 2.43. The lowest BCUT2D eigenvalue weighted by molar-refractivity contribution is -0.128. The second-order valence-corrected chi connectivity index (χ2v) is 6.77. The molecule has 3 heterocycles. The summed E-state index contributed by atoms with van der Waals surface area (Å²) in [6.45, 7) is 1.94. The van der Waals surface area contributed by atoms with E-state index in [0.717, 1.165) is 10.4 Å². The number of nitrogens with zero attached hydrogens (tertiary/aromatic N) is 2. The highest BCUT2D eigenvalue weighted by Crippen LogP contribution is 2.39. The van der Waals surface area contributed by atoms with Gasteiger partial charge in [0.15, 0.2) is 0 Å². The van der Waals surface area contributed by atoms with Crippen LogP contribution in [-0.4, -0.2) is 28.7 Å². The summed E-state index contributed by atoms with van der Waals surface area (Å²) in [7, 11) is 1.77. The number of hydrogen-bond acceptors (Lipinski definition) is 4. The Morgan fingerprint density at radius 2 is 2.13 bits per heavy atom. The molecule has 0 spiro atoms. The van der Waals surface area contributed by atoms with Crippen molar-refractivity contribution in [2.45, 2.75) is 25.4 Å². The third kappa shape index (κ3) is 3.12. The van der Waals surface area contributed by atoms with Crippen molar-refractivity contribution in [1.29, 1.82) is 0 Å². The molecule has 1 aliphatic heterocycles. The van der Waals surface area contributed by atoms with Crippen molar-refractivity contribution in [2.75, 3.05) is 7.05 Å². The van der Waals surface area contributed by atoms with Gasteiger partial charge in [-0.15, -0.1) is 11.3 Å². The molecule has 2 aromatic heterocycles. The lowest BCUT2D eigenvalue weighted by atomic mass is 9.97. The molecule has 3 atom stereocenters. The van der Waals surface area contributed by atoms with Crippen LogP contribution < -0.4 is 5.32 Å². The Hall–Kier alpha value is -2.21. The van der Waals surface area contributed by atoms with Gasteiger partial charge in [-0.3, -0.25) is 14.6 Å². The van der Waals surface area contributed by atoms with Gasteiger partial charge in [-0.1, -0.05) is 6.07 Å². The van der Waals surface area contributed by atoms with Crippen LogP contribution in [0, 0.1) is 5.92 Å². The maximum absolute atomic E-state index is 12.7. The van der Waals surface area contributed by atoms with Crippen molar-refractivity contribution in [3.63, 3.8) is 0 Å². The van der Waals surface area contributed by atoms with Crippen LogP contribution in [0.3, 0.4) is 0 Å². The molecular formula is C17H19N3O2S. The number of hydrogen-bond donors (Lipinski definition) is 1. The molecule has 0 aliphatic carbocycles. The van der Waals surface area contributed by atoms with E-state index in [4.69, 9.17) is 0 Å². The molecule has 120 valence electrons. The number of rotatable bonds is 4. The van der Waals surface area contributed by atoms with E-state index in [1.54, 1.807) is 35.7 Å². The quantitative estimate of drug-likeness (QED) is 0.937. The third-order valence-electron chi connectivity index (χ3n) is 4.32. The van der Waals surface area contributed by atoms with Gasteiger partial charge in [-0.2, -0.15) is 0 Å². The predicted octanol–water partition coefficient (Wildman–Crippen LogP) is 2.54. The fourth-order valence-corrected chi connectivity index (χ4v) is 3.94. The molecule has 0 bridgehead atoms. The summed E-state index contributed by atoms with van der Waals surface area (Å²) in [6, 6.07) is 7.41. The zero-order valence-corrected chi connectivity index (χ0v) is 13.9. The number of nitrogens with one attached hydrogen (secondary N) is 1. The highest BCUT2D eigenvalue weighted by atomic mass is 32.1. The Morgan fingerprint density at radius 3 is 2.78 bits per heavy atom. The Balaban J connectivity index is 1.77. The van der Waals surface area contributed by atoms with Gasteiger partial charge in [0.05, 0.1) is 18.0 Å². The fourth-order valence-electron chi connectivity index (χ4n) is 3.01. The summed E-state index contributed by atoms with van der Waals surface area (Å²) in [5.74, 6) is -0.416. The molecular weight excluding hydrogens is 310 g/mol. The topological polar surface area (TPSA) is 62.3 Å². The zero-order chi connectivity index (χ0) is 16.4. The number of carbonyl (C=O) groups excluding carboxylic acids is 2. The van der Waals surface area contributed by atoms with Crippen LogP contribution in [0.25, 0.3) is 0 Å².